The zero-order valence-electron chi connectivity index (χ0n) is 11.1. The lowest BCUT2D eigenvalue weighted by molar-refractivity contribution is 0.379. The molecule has 2 rings (SSSR count). The smallest absolute Gasteiger partial charge is 0.315 e. The fraction of sp³-hybridized carbons (Fsp3) is 0.636. The summed E-state index contributed by atoms with van der Waals surface area (Å²) >= 11 is 0. The van der Waals surface area contributed by atoms with Gasteiger partial charge < -0.3 is 19.6 Å². The molecule has 0 radical (unpaired) electrons. The van der Waals surface area contributed by atoms with Crippen molar-refractivity contribution in [1.29, 1.82) is 0 Å². The highest BCUT2D eigenvalue weighted by atomic mass is 16.5. The second kappa shape index (κ2) is 6.83. The number of hydrogen-bond acceptors (Lipinski definition) is 8. The summed E-state index contributed by atoms with van der Waals surface area (Å²) in [5, 5.41) is 17.6. The zero-order valence-corrected chi connectivity index (χ0v) is 11.1. The Bertz CT molecular complexity index is 467. The standard InChI is InChI=1S/C11H18N6O2/c1-8(2)5-12-6-10-16-17-11(18-10)13-4-3-9-14-7-15-19-9/h7-8,12H,3-6H2,1-2H3,(H,13,17). The van der Waals surface area contributed by atoms with Crippen molar-refractivity contribution in [2.75, 3.05) is 18.4 Å². The fourth-order valence-corrected chi connectivity index (χ4v) is 1.45. The lowest BCUT2D eigenvalue weighted by Crippen LogP contribution is -2.19. The molecule has 0 fully saturated rings. The van der Waals surface area contributed by atoms with E-state index in [9.17, 15) is 0 Å². The van der Waals surface area contributed by atoms with Crippen LogP contribution in [0.4, 0.5) is 6.01 Å². The molecular weight excluding hydrogens is 248 g/mol. The van der Waals surface area contributed by atoms with Crippen molar-refractivity contribution in [3.8, 4) is 0 Å². The number of rotatable bonds is 8. The van der Waals surface area contributed by atoms with Crippen LogP contribution in [0.15, 0.2) is 15.3 Å². The van der Waals surface area contributed by atoms with Crippen molar-refractivity contribution >= 4 is 6.01 Å². The van der Waals surface area contributed by atoms with Gasteiger partial charge in [-0.1, -0.05) is 24.1 Å². The molecule has 0 unspecified atom stereocenters. The molecule has 2 aromatic heterocycles. The molecule has 0 aromatic carbocycles. The Balaban J connectivity index is 1.68. The molecule has 8 nitrogen and oxygen atoms in total. The summed E-state index contributed by atoms with van der Waals surface area (Å²) in [4.78, 5) is 3.92. The molecule has 2 N–H and O–H groups in total. The Morgan fingerprint density at radius 1 is 1.26 bits per heavy atom. The van der Waals surface area contributed by atoms with E-state index in [4.69, 9.17) is 8.94 Å². The van der Waals surface area contributed by atoms with E-state index in [1.54, 1.807) is 0 Å². The Kier molecular flexibility index (Phi) is 4.85. The van der Waals surface area contributed by atoms with Crippen molar-refractivity contribution in [3.63, 3.8) is 0 Å². The highest BCUT2D eigenvalue weighted by molar-refractivity contribution is 5.16. The van der Waals surface area contributed by atoms with Crippen LogP contribution in [0.1, 0.15) is 25.6 Å². The average molecular weight is 266 g/mol. The van der Waals surface area contributed by atoms with Crippen molar-refractivity contribution in [3.05, 3.63) is 18.1 Å². The predicted octanol–water partition coefficient (Wildman–Crippen LogP) is 0.853. The number of anilines is 1. The second-order valence-corrected chi connectivity index (χ2v) is 4.54. The minimum atomic E-state index is 0.404. The molecule has 0 aliphatic heterocycles. The summed E-state index contributed by atoms with van der Waals surface area (Å²) in [6, 6.07) is 0.404. The van der Waals surface area contributed by atoms with Crippen molar-refractivity contribution < 1.29 is 8.94 Å². The second-order valence-electron chi connectivity index (χ2n) is 4.54. The van der Waals surface area contributed by atoms with Crippen molar-refractivity contribution in [2.45, 2.75) is 26.8 Å². The van der Waals surface area contributed by atoms with Crippen LogP contribution in [-0.2, 0) is 13.0 Å². The molecule has 104 valence electrons. The molecule has 0 aliphatic carbocycles. The molecule has 8 heteroatoms. The summed E-state index contributed by atoms with van der Waals surface area (Å²) < 4.78 is 10.3. The number of nitrogens with zero attached hydrogens (tertiary/aromatic N) is 4. The van der Waals surface area contributed by atoms with Crippen LogP contribution in [0.5, 0.6) is 0 Å². The first-order valence-corrected chi connectivity index (χ1v) is 6.26. The summed E-state index contributed by atoms with van der Waals surface area (Å²) in [7, 11) is 0. The van der Waals surface area contributed by atoms with E-state index in [0.29, 0.717) is 43.2 Å². The molecular formula is C11H18N6O2. The van der Waals surface area contributed by atoms with Gasteiger partial charge in [-0.25, -0.2) is 0 Å². The minimum absolute atomic E-state index is 0.404. The van der Waals surface area contributed by atoms with Gasteiger partial charge in [0.15, 0.2) is 6.33 Å². The van der Waals surface area contributed by atoms with Crippen LogP contribution in [0.2, 0.25) is 0 Å². The van der Waals surface area contributed by atoms with E-state index < -0.39 is 0 Å². The first-order valence-electron chi connectivity index (χ1n) is 6.26. The van der Waals surface area contributed by atoms with Gasteiger partial charge in [0.05, 0.1) is 6.54 Å². The molecule has 0 spiro atoms. The van der Waals surface area contributed by atoms with Crippen LogP contribution >= 0.6 is 0 Å². The van der Waals surface area contributed by atoms with Crippen LogP contribution in [0.3, 0.4) is 0 Å². The van der Waals surface area contributed by atoms with Crippen LogP contribution in [0.25, 0.3) is 0 Å². The first kappa shape index (κ1) is 13.5. The molecule has 0 bridgehead atoms. The maximum atomic E-state index is 5.42. The molecule has 2 aromatic rings. The van der Waals surface area contributed by atoms with Gasteiger partial charge in [-0.3, -0.25) is 0 Å². The normalized spacial score (nSPS) is 11.1. The lowest BCUT2D eigenvalue weighted by atomic mass is 10.2. The zero-order chi connectivity index (χ0) is 13.5. The molecule has 0 amide bonds. The first-order chi connectivity index (χ1) is 9.24. The average Bonchev–Trinajstić information content (AvgIpc) is 3.00. The molecule has 0 saturated carbocycles. The fourth-order valence-electron chi connectivity index (χ4n) is 1.45. The van der Waals surface area contributed by atoms with Gasteiger partial charge in [-0.05, 0) is 12.5 Å². The monoisotopic (exact) mass is 266 g/mol. The van der Waals surface area contributed by atoms with E-state index in [2.05, 4.69) is 44.8 Å². The summed E-state index contributed by atoms with van der Waals surface area (Å²) in [5.74, 6) is 1.74. The van der Waals surface area contributed by atoms with Gasteiger partial charge >= 0.3 is 6.01 Å². The van der Waals surface area contributed by atoms with E-state index in [-0.39, 0.29) is 0 Å². The lowest BCUT2D eigenvalue weighted by Gasteiger charge is -2.03. The van der Waals surface area contributed by atoms with Crippen molar-refractivity contribution in [1.82, 2.24) is 25.7 Å². The number of nitrogens with one attached hydrogen (secondary N) is 2. The summed E-state index contributed by atoms with van der Waals surface area (Å²) in [6.45, 7) is 6.39. The summed E-state index contributed by atoms with van der Waals surface area (Å²) in [6.07, 6.45) is 1.99. The molecule has 2 heterocycles. The predicted molar refractivity (Wildman–Crippen MR) is 67.3 cm³/mol. The SMILES string of the molecule is CC(C)CNCc1nnc(NCCc2ncno2)o1. The van der Waals surface area contributed by atoms with E-state index >= 15 is 0 Å². The molecule has 19 heavy (non-hydrogen) atoms. The molecule has 0 saturated heterocycles. The molecule has 0 atom stereocenters. The van der Waals surface area contributed by atoms with E-state index in [0.717, 1.165) is 6.54 Å². The van der Waals surface area contributed by atoms with Gasteiger partial charge in [0, 0.05) is 13.0 Å². The Labute approximate surface area is 111 Å². The largest absolute Gasteiger partial charge is 0.407 e. The van der Waals surface area contributed by atoms with Crippen molar-refractivity contribution in [2.24, 2.45) is 5.92 Å². The maximum Gasteiger partial charge on any atom is 0.315 e. The third-order valence-corrected chi connectivity index (χ3v) is 2.32. The highest BCUT2D eigenvalue weighted by Gasteiger charge is 2.06. The maximum absolute atomic E-state index is 5.42. The number of aromatic nitrogens is 4. The summed E-state index contributed by atoms with van der Waals surface area (Å²) in [5.41, 5.74) is 0. The van der Waals surface area contributed by atoms with Gasteiger partial charge in [-0.2, -0.15) is 4.98 Å². The quantitative estimate of drug-likeness (QED) is 0.725. The highest BCUT2D eigenvalue weighted by Crippen LogP contribution is 2.05. The van der Waals surface area contributed by atoms with Crippen LogP contribution < -0.4 is 10.6 Å². The number of hydrogen-bond donors (Lipinski definition) is 2. The van der Waals surface area contributed by atoms with Gasteiger partial charge in [0.2, 0.25) is 11.8 Å². The third-order valence-electron chi connectivity index (χ3n) is 2.32. The van der Waals surface area contributed by atoms with Gasteiger partial charge in [0.1, 0.15) is 0 Å². The Hall–Kier alpha value is -1.96. The molecule has 0 aliphatic rings. The van der Waals surface area contributed by atoms with Crippen LogP contribution in [-0.4, -0.2) is 33.4 Å². The van der Waals surface area contributed by atoms with E-state index in [1.165, 1.54) is 6.33 Å². The topological polar surface area (TPSA) is 102 Å². The Morgan fingerprint density at radius 3 is 2.89 bits per heavy atom. The van der Waals surface area contributed by atoms with Gasteiger partial charge in [0.25, 0.3) is 0 Å². The third kappa shape index (κ3) is 4.66. The Morgan fingerprint density at radius 2 is 2.16 bits per heavy atom. The minimum Gasteiger partial charge on any atom is -0.407 e. The van der Waals surface area contributed by atoms with Crippen LogP contribution in [0, 0.1) is 5.92 Å². The van der Waals surface area contributed by atoms with E-state index in [1.807, 2.05) is 0 Å². The van der Waals surface area contributed by atoms with Gasteiger partial charge in [-0.15, -0.1) is 5.10 Å².